The Morgan fingerprint density at radius 3 is 2.80 bits per heavy atom. The van der Waals surface area contributed by atoms with Gasteiger partial charge in [0.05, 0.1) is 22.6 Å². The molecule has 1 aromatic rings. The lowest BCUT2D eigenvalue weighted by Crippen LogP contribution is -2.20. The number of alkyl halides is 1. The summed E-state index contributed by atoms with van der Waals surface area (Å²) in [5, 5.41) is 3.17. The smallest absolute Gasteiger partial charge is 0.237 e. The van der Waals surface area contributed by atoms with E-state index in [4.69, 9.17) is 16.3 Å². The molecule has 0 heterocycles. The summed E-state index contributed by atoms with van der Waals surface area (Å²) in [7, 11) is 1.56. The maximum absolute atomic E-state index is 11.4. The van der Waals surface area contributed by atoms with Gasteiger partial charge in [-0.15, -0.1) is 0 Å². The highest BCUT2D eigenvalue weighted by molar-refractivity contribution is 9.10. The molecule has 0 aromatic heterocycles. The van der Waals surface area contributed by atoms with Crippen molar-refractivity contribution >= 4 is 39.1 Å². The average molecular weight is 293 g/mol. The van der Waals surface area contributed by atoms with Crippen LogP contribution in [0.15, 0.2) is 18.2 Å². The molecule has 0 saturated heterocycles. The van der Waals surface area contributed by atoms with Gasteiger partial charge in [-0.2, -0.15) is 0 Å². The van der Waals surface area contributed by atoms with Crippen LogP contribution in [0.25, 0.3) is 0 Å². The molecule has 1 atom stereocenters. The Kier molecular flexibility index (Phi) is 4.42. The molecule has 0 aliphatic rings. The molecule has 0 saturated carbocycles. The number of carbonyl (C=O) groups is 1. The van der Waals surface area contributed by atoms with Gasteiger partial charge in [-0.05, 0) is 19.1 Å². The Bertz CT molecular complexity index is 368. The van der Waals surface area contributed by atoms with Crippen molar-refractivity contribution in [3.63, 3.8) is 0 Å². The number of methoxy groups -OCH3 is 1. The number of amides is 1. The zero-order valence-electron chi connectivity index (χ0n) is 8.38. The molecule has 1 aromatic carbocycles. The van der Waals surface area contributed by atoms with Crippen molar-refractivity contribution in [2.45, 2.75) is 11.8 Å². The molecule has 0 radical (unpaired) electrons. The van der Waals surface area contributed by atoms with E-state index in [0.29, 0.717) is 16.5 Å². The fourth-order valence-electron chi connectivity index (χ4n) is 0.959. The van der Waals surface area contributed by atoms with Crippen LogP contribution in [0.3, 0.4) is 0 Å². The highest BCUT2D eigenvalue weighted by Gasteiger charge is 2.11. The first-order valence-corrected chi connectivity index (χ1v) is 5.62. The Balaban J connectivity index is 2.88. The molecule has 1 amide bonds. The van der Waals surface area contributed by atoms with Crippen molar-refractivity contribution in [1.82, 2.24) is 0 Å². The molecular formula is C10H11BrClNO2. The van der Waals surface area contributed by atoms with Crippen LogP contribution in [0.4, 0.5) is 5.69 Å². The molecular weight excluding hydrogens is 281 g/mol. The van der Waals surface area contributed by atoms with E-state index in [9.17, 15) is 4.79 Å². The van der Waals surface area contributed by atoms with Gasteiger partial charge in [0.1, 0.15) is 5.75 Å². The third-order valence-corrected chi connectivity index (χ3v) is 2.54. The highest BCUT2D eigenvalue weighted by Crippen LogP contribution is 2.26. The number of hydrogen-bond donors (Lipinski definition) is 1. The second-order valence-electron chi connectivity index (χ2n) is 2.95. The summed E-state index contributed by atoms with van der Waals surface area (Å²) in [5.41, 5.74) is 0.548. The Hall–Kier alpha value is -0.740. The summed E-state index contributed by atoms with van der Waals surface area (Å²) in [5.74, 6) is 0.502. The van der Waals surface area contributed by atoms with E-state index in [1.807, 2.05) is 0 Å². The van der Waals surface area contributed by atoms with Crippen molar-refractivity contribution in [2.75, 3.05) is 12.4 Å². The quantitative estimate of drug-likeness (QED) is 0.870. The van der Waals surface area contributed by atoms with Crippen molar-refractivity contribution < 1.29 is 9.53 Å². The van der Waals surface area contributed by atoms with E-state index >= 15 is 0 Å². The molecule has 15 heavy (non-hydrogen) atoms. The van der Waals surface area contributed by atoms with Gasteiger partial charge >= 0.3 is 0 Å². The predicted molar refractivity (Wildman–Crippen MR) is 65.0 cm³/mol. The highest BCUT2D eigenvalue weighted by atomic mass is 79.9. The largest absolute Gasteiger partial charge is 0.497 e. The summed E-state index contributed by atoms with van der Waals surface area (Å²) in [4.78, 5) is 11.1. The Labute approximate surface area is 102 Å². The SMILES string of the molecule is COc1ccc(Cl)c(NC(=O)C(C)Br)c1. The van der Waals surface area contributed by atoms with E-state index in [0.717, 1.165) is 0 Å². The van der Waals surface area contributed by atoms with Crippen LogP contribution in [0.1, 0.15) is 6.92 Å². The Morgan fingerprint density at radius 2 is 2.27 bits per heavy atom. The first-order valence-electron chi connectivity index (χ1n) is 4.33. The van der Waals surface area contributed by atoms with Crippen molar-refractivity contribution in [2.24, 2.45) is 0 Å². The fraction of sp³-hybridized carbons (Fsp3) is 0.300. The van der Waals surface area contributed by atoms with E-state index in [1.54, 1.807) is 32.2 Å². The molecule has 0 aliphatic heterocycles. The van der Waals surface area contributed by atoms with Gasteiger partial charge in [0.2, 0.25) is 5.91 Å². The number of nitrogens with one attached hydrogen (secondary N) is 1. The van der Waals surface area contributed by atoms with Crippen LogP contribution < -0.4 is 10.1 Å². The second-order valence-corrected chi connectivity index (χ2v) is 4.73. The molecule has 1 N–H and O–H groups in total. The number of benzene rings is 1. The zero-order valence-corrected chi connectivity index (χ0v) is 10.7. The first kappa shape index (κ1) is 12.3. The first-order chi connectivity index (χ1) is 7.04. The van der Waals surface area contributed by atoms with Gasteiger partial charge in [-0.25, -0.2) is 0 Å². The number of ether oxygens (including phenoxy) is 1. The number of halogens is 2. The monoisotopic (exact) mass is 291 g/mol. The third-order valence-electron chi connectivity index (χ3n) is 1.79. The van der Waals surface area contributed by atoms with Gasteiger partial charge in [0, 0.05) is 6.07 Å². The van der Waals surface area contributed by atoms with Gasteiger partial charge in [0.15, 0.2) is 0 Å². The summed E-state index contributed by atoms with van der Waals surface area (Å²) in [6.45, 7) is 1.74. The molecule has 1 unspecified atom stereocenters. The predicted octanol–water partition coefficient (Wildman–Crippen LogP) is 3.07. The van der Waals surface area contributed by atoms with Crippen molar-refractivity contribution in [3.05, 3.63) is 23.2 Å². The second kappa shape index (κ2) is 5.37. The van der Waals surface area contributed by atoms with E-state index < -0.39 is 0 Å². The van der Waals surface area contributed by atoms with Crippen molar-refractivity contribution in [1.29, 1.82) is 0 Å². The molecule has 0 bridgehead atoms. The van der Waals surface area contributed by atoms with E-state index in [2.05, 4.69) is 21.2 Å². The lowest BCUT2D eigenvalue weighted by Gasteiger charge is -2.09. The fourth-order valence-corrected chi connectivity index (χ4v) is 1.24. The van der Waals surface area contributed by atoms with Gasteiger partial charge in [0.25, 0.3) is 0 Å². The number of hydrogen-bond acceptors (Lipinski definition) is 2. The van der Waals surface area contributed by atoms with Crippen LogP contribution in [-0.2, 0) is 4.79 Å². The normalized spacial score (nSPS) is 12.0. The van der Waals surface area contributed by atoms with Crippen molar-refractivity contribution in [3.8, 4) is 5.75 Å². The summed E-state index contributed by atoms with van der Waals surface area (Å²) >= 11 is 9.09. The topological polar surface area (TPSA) is 38.3 Å². The standard InChI is InChI=1S/C10H11BrClNO2/c1-6(11)10(14)13-9-5-7(15-2)3-4-8(9)12/h3-6H,1-2H3,(H,13,14). The summed E-state index contributed by atoms with van der Waals surface area (Å²) < 4.78 is 5.03. The van der Waals surface area contributed by atoms with Gasteiger partial charge in [-0.1, -0.05) is 27.5 Å². The van der Waals surface area contributed by atoms with E-state index in [1.165, 1.54) is 0 Å². The van der Waals surface area contributed by atoms with Crippen LogP contribution in [0.5, 0.6) is 5.75 Å². The minimum atomic E-state index is -0.264. The maximum atomic E-state index is 11.4. The lowest BCUT2D eigenvalue weighted by molar-refractivity contribution is -0.115. The molecule has 3 nitrogen and oxygen atoms in total. The molecule has 82 valence electrons. The zero-order chi connectivity index (χ0) is 11.4. The van der Waals surface area contributed by atoms with Gasteiger partial charge < -0.3 is 10.1 Å². The van der Waals surface area contributed by atoms with Crippen LogP contribution in [-0.4, -0.2) is 17.8 Å². The van der Waals surface area contributed by atoms with Crippen LogP contribution in [0.2, 0.25) is 5.02 Å². The average Bonchev–Trinajstić information content (AvgIpc) is 2.21. The minimum absolute atomic E-state index is 0.148. The molecule has 1 rings (SSSR count). The summed E-state index contributed by atoms with van der Waals surface area (Å²) in [6, 6.07) is 5.08. The van der Waals surface area contributed by atoms with Gasteiger partial charge in [-0.3, -0.25) is 4.79 Å². The minimum Gasteiger partial charge on any atom is -0.497 e. The van der Waals surface area contributed by atoms with Crippen LogP contribution in [0, 0.1) is 0 Å². The molecule has 5 heteroatoms. The lowest BCUT2D eigenvalue weighted by atomic mass is 10.3. The Morgan fingerprint density at radius 1 is 1.60 bits per heavy atom. The molecule has 0 aliphatic carbocycles. The molecule has 0 spiro atoms. The summed E-state index contributed by atoms with van der Waals surface area (Å²) in [6.07, 6.45) is 0. The third kappa shape index (κ3) is 3.39. The maximum Gasteiger partial charge on any atom is 0.237 e. The number of carbonyl (C=O) groups excluding carboxylic acids is 1. The van der Waals surface area contributed by atoms with Crippen LogP contribution >= 0.6 is 27.5 Å². The van der Waals surface area contributed by atoms with E-state index in [-0.39, 0.29) is 10.7 Å². The number of rotatable bonds is 3. The number of anilines is 1. The molecule has 0 fully saturated rings.